The van der Waals surface area contributed by atoms with Crippen LogP contribution in [0.4, 0.5) is 5.13 Å². The quantitative estimate of drug-likeness (QED) is 0.0791. The molecule has 0 unspecified atom stereocenters. The normalized spacial score (nSPS) is 19.8. The van der Waals surface area contributed by atoms with Gasteiger partial charge in [0.05, 0.1) is 20.6 Å². The van der Waals surface area contributed by atoms with Crippen molar-refractivity contribution < 1.29 is 33.6 Å². The first-order chi connectivity index (χ1) is 17.4. The molecule has 1 saturated heterocycles. The molecular formula is C20H24N9O6S2+. The van der Waals surface area contributed by atoms with Crippen LogP contribution in [-0.2, 0) is 24.0 Å². The molecule has 2 aliphatic heterocycles. The van der Waals surface area contributed by atoms with Gasteiger partial charge >= 0.3 is 5.97 Å². The van der Waals surface area contributed by atoms with E-state index in [0.29, 0.717) is 12.1 Å². The minimum atomic E-state index is -1.29. The SMILES string of the molecule is C[N+](C)(C/C=C/C1=C(C(=O)O)N2C(=O)[C@@H](NC(=O)/C(=N\OCC#N)c3nsc(N)n3)[C@H]2SC1)CC(N)=O. The number of primary amides is 1. The maximum Gasteiger partial charge on any atom is 0.352 e. The van der Waals surface area contributed by atoms with E-state index in [1.54, 1.807) is 32.3 Å². The van der Waals surface area contributed by atoms with Crippen LogP contribution in [0.1, 0.15) is 5.82 Å². The number of carboxylic acids is 1. The first-order valence-electron chi connectivity index (χ1n) is 10.6. The molecule has 3 heterocycles. The van der Waals surface area contributed by atoms with Crippen molar-refractivity contribution in [2.24, 2.45) is 10.9 Å². The number of carboxylic acid groups (broad SMARTS) is 1. The van der Waals surface area contributed by atoms with Crippen LogP contribution >= 0.6 is 23.3 Å². The minimum absolute atomic E-state index is 0.0677. The number of hydrogen-bond acceptors (Lipinski definition) is 12. The van der Waals surface area contributed by atoms with Gasteiger partial charge in [0.15, 0.2) is 11.7 Å². The van der Waals surface area contributed by atoms with Crippen LogP contribution in [0.3, 0.4) is 0 Å². The third kappa shape index (κ3) is 6.41. The van der Waals surface area contributed by atoms with E-state index in [4.69, 9.17) is 21.6 Å². The molecule has 0 spiro atoms. The van der Waals surface area contributed by atoms with E-state index >= 15 is 0 Å². The molecule has 3 rings (SSSR count). The summed E-state index contributed by atoms with van der Waals surface area (Å²) >= 11 is 2.09. The molecule has 1 fully saturated rings. The summed E-state index contributed by atoms with van der Waals surface area (Å²) in [7, 11) is 3.61. The van der Waals surface area contributed by atoms with Gasteiger partial charge in [0.25, 0.3) is 17.7 Å². The molecular weight excluding hydrogens is 526 g/mol. The number of fused-ring (bicyclic) bond motifs is 1. The highest BCUT2D eigenvalue weighted by molar-refractivity contribution is 8.00. The zero-order valence-corrected chi connectivity index (χ0v) is 21.4. The molecule has 1 aromatic heterocycles. The summed E-state index contributed by atoms with van der Waals surface area (Å²) in [5.74, 6) is -3.11. The fourth-order valence-corrected chi connectivity index (χ4v) is 5.34. The highest BCUT2D eigenvalue weighted by Crippen LogP contribution is 2.40. The van der Waals surface area contributed by atoms with Crippen molar-refractivity contribution >= 4 is 57.8 Å². The van der Waals surface area contributed by atoms with Gasteiger partial charge in [-0.2, -0.15) is 14.6 Å². The average molecular weight is 551 g/mol. The minimum Gasteiger partial charge on any atom is -0.477 e. The number of nitrogens with two attached hydrogens (primary N) is 2. The van der Waals surface area contributed by atoms with E-state index in [2.05, 4.69) is 19.8 Å². The number of aliphatic carboxylic acids is 1. The van der Waals surface area contributed by atoms with Crippen molar-refractivity contribution in [1.82, 2.24) is 19.6 Å². The summed E-state index contributed by atoms with van der Waals surface area (Å²) in [6, 6.07) is 0.660. The molecule has 0 aromatic carbocycles. The second-order valence-electron chi connectivity index (χ2n) is 8.51. The van der Waals surface area contributed by atoms with E-state index < -0.39 is 41.7 Å². The largest absolute Gasteiger partial charge is 0.477 e. The van der Waals surface area contributed by atoms with Gasteiger partial charge in [-0.3, -0.25) is 19.3 Å². The first kappa shape index (κ1) is 27.6. The van der Waals surface area contributed by atoms with Crippen LogP contribution in [-0.4, -0.2) is 104 Å². The number of rotatable bonds is 11. The van der Waals surface area contributed by atoms with Crippen molar-refractivity contribution in [3.63, 3.8) is 0 Å². The predicted molar refractivity (Wildman–Crippen MR) is 132 cm³/mol. The second-order valence-corrected chi connectivity index (χ2v) is 10.4. The van der Waals surface area contributed by atoms with Crippen molar-refractivity contribution in [2.45, 2.75) is 11.4 Å². The topological polar surface area (TPSA) is 227 Å². The van der Waals surface area contributed by atoms with Gasteiger partial charge in [-0.25, -0.2) is 4.79 Å². The lowest BCUT2D eigenvalue weighted by molar-refractivity contribution is -0.876. The Labute approximate surface area is 219 Å². The Morgan fingerprint density at radius 3 is 2.76 bits per heavy atom. The van der Waals surface area contributed by atoms with Gasteiger partial charge in [-0.15, -0.1) is 11.8 Å². The van der Waals surface area contributed by atoms with Gasteiger partial charge in [0.1, 0.15) is 23.2 Å². The summed E-state index contributed by atoms with van der Waals surface area (Å²) < 4.78 is 4.18. The van der Waals surface area contributed by atoms with Crippen LogP contribution in [0.25, 0.3) is 0 Å². The Hall–Kier alpha value is -4.01. The summed E-state index contributed by atoms with van der Waals surface area (Å²) in [6.07, 6.45) is 3.34. The lowest BCUT2D eigenvalue weighted by atomic mass is 10.0. The van der Waals surface area contributed by atoms with Crippen LogP contribution in [0.5, 0.6) is 0 Å². The van der Waals surface area contributed by atoms with Gasteiger partial charge in [0, 0.05) is 17.3 Å². The van der Waals surface area contributed by atoms with Crippen LogP contribution in [0.2, 0.25) is 0 Å². The lowest BCUT2D eigenvalue weighted by Crippen LogP contribution is -2.71. The van der Waals surface area contributed by atoms with Crippen molar-refractivity contribution in [2.75, 3.05) is 45.3 Å². The number of nitriles is 1. The summed E-state index contributed by atoms with van der Waals surface area (Å²) in [5.41, 5.74) is 10.7. The molecule has 2 aliphatic rings. The molecule has 15 nitrogen and oxygen atoms in total. The number of β-lactam (4-membered cyclic amide) rings is 1. The fraction of sp³-hybridized carbons (Fsp3) is 0.400. The first-order valence-corrected chi connectivity index (χ1v) is 12.4. The average Bonchev–Trinajstić information content (AvgIpc) is 3.24. The number of quaternary nitrogens is 1. The lowest BCUT2D eigenvalue weighted by Gasteiger charge is -2.49. The van der Waals surface area contributed by atoms with Gasteiger partial charge in [0.2, 0.25) is 18.1 Å². The number of nitrogen functional groups attached to an aromatic ring is 1. The highest BCUT2D eigenvalue weighted by Gasteiger charge is 2.54. The second kappa shape index (κ2) is 11.4. The Morgan fingerprint density at radius 1 is 1.43 bits per heavy atom. The van der Waals surface area contributed by atoms with E-state index in [-0.39, 0.29) is 39.1 Å². The molecule has 2 atom stereocenters. The molecule has 196 valence electrons. The summed E-state index contributed by atoms with van der Waals surface area (Å²) in [6.45, 7) is 0.0751. The van der Waals surface area contributed by atoms with Crippen molar-refractivity contribution in [1.29, 1.82) is 5.26 Å². The van der Waals surface area contributed by atoms with Gasteiger partial charge in [-0.1, -0.05) is 11.2 Å². The van der Waals surface area contributed by atoms with Crippen LogP contribution in [0, 0.1) is 11.3 Å². The number of amides is 3. The highest BCUT2D eigenvalue weighted by atomic mass is 32.2. The summed E-state index contributed by atoms with van der Waals surface area (Å²) in [5, 5.41) is 24.0. The maximum atomic E-state index is 12.9. The molecule has 0 radical (unpaired) electrons. The summed E-state index contributed by atoms with van der Waals surface area (Å²) in [4.78, 5) is 58.8. The third-order valence-electron chi connectivity index (χ3n) is 5.14. The van der Waals surface area contributed by atoms with E-state index in [9.17, 15) is 24.3 Å². The maximum absolute atomic E-state index is 12.9. The van der Waals surface area contributed by atoms with E-state index in [0.717, 1.165) is 16.4 Å². The molecule has 17 heteroatoms. The number of carbonyl (C=O) groups excluding carboxylic acids is 3. The number of hydrogen-bond donors (Lipinski definition) is 4. The van der Waals surface area contributed by atoms with Crippen LogP contribution in [0.15, 0.2) is 28.6 Å². The number of nitrogens with one attached hydrogen (secondary N) is 1. The zero-order valence-electron chi connectivity index (χ0n) is 19.8. The predicted octanol–water partition coefficient (Wildman–Crippen LogP) is -1.78. The Kier molecular flexibility index (Phi) is 8.47. The van der Waals surface area contributed by atoms with Crippen LogP contribution < -0.4 is 16.8 Å². The van der Waals surface area contributed by atoms with E-state index in [1.807, 2.05) is 0 Å². The van der Waals surface area contributed by atoms with E-state index in [1.165, 1.54) is 11.8 Å². The number of carbonyl (C=O) groups is 4. The molecule has 3 amide bonds. The standard InChI is InChI=1S/C20H23N9O6S2/c1-29(2,8-11(22)30)6-3-4-10-9-36-18-13(17(32)28(18)14(10)19(33)34)24-16(31)12(26-35-7-5-21)15-25-20(23)37-27-15/h3-4,13,18H,6-9H2,1-2H3,(H5-,22,23,24,25,27,30,31,33,34)/p+1/b4-3+,26-12-/t13-,18-/m1/s1. The number of anilines is 1. The number of oxime groups is 1. The fourth-order valence-electron chi connectivity index (χ4n) is 3.59. The Balaban J connectivity index is 1.76. The number of aromatic nitrogens is 2. The van der Waals surface area contributed by atoms with Crippen molar-refractivity contribution in [3.8, 4) is 6.07 Å². The number of allylic oxidation sites excluding steroid dienone is 1. The zero-order chi connectivity index (χ0) is 27.3. The Morgan fingerprint density at radius 2 is 2.16 bits per heavy atom. The number of likely N-dealkylation sites (N-methyl/N-ethyl adjacent to an activating group) is 1. The van der Waals surface area contributed by atoms with Gasteiger partial charge < -0.3 is 31.2 Å². The third-order valence-corrected chi connectivity index (χ3v) is 6.99. The molecule has 6 N–H and O–H groups in total. The van der Waals surface area contributed by atoms with Gasteiger partial charge in [-0.05, 0) is 11.6 Å². The molecule has 1 aromatic rings. The number of nitrogens with zero attached hydrogens (tertiary/aromatic N) is 6. The number of thioether (sulfide) groups is 1. The molecule has 0 bridgehead atoms. The molecule has 0 aliphatic carbocycles. The smallest absolute Gasteiger partial charge is 0.352 e. The van der Waals surface area contributed by atoms with Crippen molar-refractivity contribution in [3.05, 3.63) is 29.2 Å². The molecule has 0 saturated carbocycles. The Bertz CT molecular complexity index is 1250. The molecule has 37 heavy (non-hydrogen) atoms. The monoisotopic (exact) mass is 550 g/mol.